The van der Waals surface area contributed by atoms with Crippen LogP contribution in [0.2, 0.25) is 0 Å². The van der Waals surface area contributed by atoms with Crippen molar-refractivity contribution in [1.82, 2.24) is 14.6 Å². The number of rotatable bonds is 3. The Morgan fingerprint density at radius 3 is 2.45 bits per heavy atom. The monoisotopic (exact) mass is 311 g/mol. The summed E-state index contributed by atoms with van der Waals surface area (Å²) < 4.78 is 46.9. The van der Waals surface area contributed by atoms with Crippen molar-refractivity contribution in [2.75, 3.05) is 0 Å². The van der Waals surface area contributed by atoms with Gasteiger partial charge in [-0.05, 0) is 24.3 Å². The fraction of sp³-hybridized carbons (Fsp3) is 0.0769. The van der Waals surface area contributed by atoms with Crippen molar-refractivity contribution in [3.05, 3.63) is 52.9 Å². The van der Waals surface area contributed by atoms with Gasteiger partial charge >= 0.3 is 6.36 Å². The molecule has 0 radical (unpaired) electrons. The molecule has 114 valence electrons. The molecule has 0 aliphatic carbocycles. The van der Waals surface area contributed by atoms with E-state index < -0.39 is 6.36 Å². The second-order valence-corrected chi connectivity index (χ2v) is 4.23. The van der Waals surface area contributed by atoms with E-state index in [1.165, 1.54) is 35.1 Å². The van der Waals surface area contributed by atoms with Crippen molar-refractivity contribution in [1.29, 1.82) is 0 Å². The van der Waals surface area contributed by atoms with Crippen LogP contribution in [0.4, 0.5) is 13.2 Å². The van der Waals surface area contributed by atoms with Crippen molar-refractivity contribution in [2.24, 2.45) is 0 Å². The number of nitrogens with zero attached hydrogens (tertiary/aromatic N) is 2. The van der Waals surface area contributed by atoms with Crippen LogP contribution >= 0.6 is 0 Å². The molecule has 1 N–H and O–H groups in total. The Labute approximate surface area is 120 Å². The van der Waals surface area contributed by atoms with Gasteiger partial charge in [0.2, 0.25) is 5.88 Å². The van der Waals surface area contributed by atoms with Crippen LogP contribution in [0.3, 0.4) is 0 Å². The van der Waals surface area contributed by atoms with Gasteiger partial charge in [0.25, 0.3) is 0 Å². The van der Waals surface area contributed by atoms with Crippen molar-refractivity contribution < 1.29 is 22.6 Å². The third-order valence-electron chi connectivity index (χ3n) is 2.65. The Balaban J connectivity index is 1.86. The number of aromatic nitrogens is 3. The highest BCUT2D eigenvalue weighted by molar-refractivity contribution is 5.41. The lowest BCUT2D eigenvalue weighted by Crippen LogP contribution is -2.16. The van der Waals surface area contributed by atoms with Gasteiger partial charge in [-0.1, -0.05) is 0 Å². The standard InChI is InChI=1S/C13H8F3N3O3/c14-13(15,16)22-10-3-1-9(2-4-10)21-12-6-8(20)5-11-17-7-18-19(11)12/h1-7H,(H,17,18). The minimum Gasteiger partial charge on any atom is -0.439 e. The van der Waals surface area contributed by atoms with Crippen LogP contribution in [-0.2, 0) is 0 Å². The van der Waals surface area contributed by atoms with Gasteiger partial charge in [-0.2, -0.15) is 0 Å². The number of pyridine rings is 1. The van der Waals surface area contributed by atoms with E-state index in [-0.39, 0.29) is 22.8 Å². The molecule has 2 aromatic heterocycles. The quantitative estimate of drug-likeness (QED) is 0.807. The fourth-order valence-corrected chi connectivity index (χ4v) is 1.82. The van der Waals surface area contributed by atoms with Crippen LogP contribution < -0.4 is 14.9 Å². The van der Waals surface area contributed by atoms with E-state index in [0.717, 1.165) is 12.1 Å². The van der Waals surface area contributed by atoms with Crippen LogP contribution in [0.25, 0.3) is 5.65 Å². The maximum atomic E-state index is 12.1. The molecular weight excluding hydrogens is 303 g/mol. The van der Waals surface area contributed by atoms with Gasteiger partial charge in [-0.25, -0.2) is 9.50 Å². The molecule has 0 atom stereocenters. The van der Waals surface area contributed by atoms with E-state index in [0.29, 0.717) is 5.65 Å². The third-order valence-corrected chi connectivity index (χ3v) is 2.65. The lowest BCUT2D eigenvalue weighted by molar-refractivity contribution is -0.274. The molecule has 0 spiro atoms. The first kappa shape index (κ1) is 14.0. The Morgan fingerprint density at radius 1 is 1.09 bits per heavy atom. The summed E-state index contributed by atoms with van der Waals surface area (Å²) in [5.74, 6) is 0.0322. The van der Waals surface area contributed by atoms with Gasteiger partial charge in [0, 0.05) is 12.1 Å². The molecule has 22 heavy (non-hydrogen) atoms. The highest BCUT2D eigenvalue weighted by Crippen LogP contribution is 2.26. The van der Waals surface area contributed by atoms with E-state index in [2.05, 4.69) is 14.8 Å². The summed E-state index contributed by atoms with van der Waals surface area (Å²) >= 11 is 0. The number of hydrogen-bond donors (Lipinski definition) is 1. The van der Waals surface area contributed by atoms with Crippen LogP contribution in [0.15, 0.2) is 47.5 Å². The summed E-state index contributed by atoms with van der Waals surface area (Å²) in [5, 5.41) is 2.75. The second kappa shape index (κ2) is 5.10. The highest BCUT2D eigenvalue weighted by Gasteiger charge is 2.30. The Morgan fingerprint density at radius 2 is 1.77 bits per heavy atom. The lowest BCUT2D eigenvalue weighted by atomic mass is 10.3. The van der Waals surface area contributed by atoms with Crippen molar-refractivity contribution in [3.8, 4) is 17.4 Å². The predicted molar refractivity (Wildman–Crippen MR) is 69.0 cm³/mol. The average molecular weight is 311 g/mol. The number of aromatic amines is 1. The maximum Gasteiger partial charge on any atom is 0.573 e. The zero-order valence-corrected chi connectivity index (χ0v) is 10.8. The molecule has 6 nitrogen and oxygen atoms in total. The largest absolute Gasteiger partial charge is 0.573 e. The number of ether oxygens (including phenoxy) is 2. The molecule has 2 heterocycles. The minimum atomic E-state index is -4.75. The number of fused-ring (bicyclic) bond motifs is 1. The van der Waals surface area contributed by atoms with Gasteiger partial charge in [-0.3, -0.25) is 9.89 Å². The Hall–Kier alpha value is -2.97. The van der Waals surface area contributed by atoms with Crippen molar-refractivity contribution >= 4 is 5.65 Å². The highest BCUT2D eigenvalue weighted by atomic mass is 19.4. The summed E-state index contributed by atoms with van der Waals surface area (Å²) in [6, 6.07) is 7.34. The molecular formula is C13H8F3N3O3. The van der Waals surface area contributed by atoms with Gasteiger partial charge in [-0.15, -0.1) is 13.2 Å². The predicted octanol–water partition coefficient (Wildman–Crippen LogP) is 2.71. The maximum absolute atomic E-state index is 12.1. The number of hydrogen-bond acceptors (Lipinski definition) is 4. The molecule has 9 heteroatoms. The molecule has 1 aromatic carbocycles. The van der Waals surface area contributed by atoms with Crippen LogP contribution in [0.1, 0.15) is 0 Å². The molecule has 0 amide bonds. The fourth-order valence-electron chi connectivity index (χ4n) is 1.82. The molecule has 3 aromatic rings. The Bertz CT molecular complexity index is 853. The molecule has 0 saturated carbocycles. The minimum absolute atomic E-state index is 0.157. The molecule has 3 rings (SSSR count). The summed E-state index contributed by atoms with van der Waals surface area (Å²) in [7, 11) is 0. The first-order valence-electron chi connectivity index (χ1n) is 6.00. The summed E-state index contributed by atoms with van der Waals surface area (Å²) in [5.41, 5.74) is 0.0543. The number of H-pyrrole nitrogens is 1. The molecule has 0 aliphatic rings. The average Bonchev–Trinajstić information content (AvgIpc) is 2.87. The topological polar surface area (TPSA) is 68.6 Å². The summed E-state index contributed by atoms with van der Waals surface area (Å²) in [4.78, 5) is 15.4. The summed E-state index contributed by atoms with van der Waals surface area (Å²) in [6.45, 7) is 0. The van der Waals surface area contributed by atoms with Gasteiger partial charge in [0.15, 0.2) is 11.1 Å². The Kier molecular flexibility index (Phi) is 3.24. The zero-order valence-electron chi connectivity index (χ0n) is 10.8. The van der Waals surface area contributed by atoms with Gasteiger partial charge in [0.1, 0.15) is 17.8 Å². The number of benzene rings is 1. The molecule has 0 fully saturated rings. The smallest absolute Gasteiger partial charge is 0.439 e. The van der Waals surface area contributed by atoms with Crippen LogP contribution in [0, 0.1) is 0 Å². The van der Waals surface area contributed by atoms with E-state index in [4.69, 9.17) is 4.74 Å². The van der Waals surface area contributed by atoms with Crippen LogP contribution in [0.5, 0.6) is 17.4 Å². The number of halogens is 3. The number of alkyl halides is 3. The molecule has 0 aliphatic heterocycles. The molecule has 0 saturated heterocycles. The van der Waals surface area contributed by atoms with E-state index >= 15 is 0 Å². The normalized spacial score (nSPS) is 11.6. The first-order valence-corrected chi connectivity index (χ1v) is 6.00. The molecule has 0 bridgehead atoms. The van der Waals surface area contributed by atoms with Crippen molar-refractivity contribution in [3.63, 3.8) is 0 Å². The molecule has 0 unspecified atom stereocenters. The van der Waals surface area contributed by atoms with E-state index in [1.54, 1.807) is 0 Å². The SMILES string of the molecule is O=c1cc(Oc2ccc(OC(F)(F)F)cc2)n2[nH]cnc2c1. The first-order chi connectivity index (χ1) is 10.4. The van der Waals surface area contributed by atoms with E-state index in [1.807, 2.05) is 0 Å². The van der Waals surface area contributed by atoms with E-state index in [9.17, 15) is 18.0 Å². The van der Waals surface area contributed by atoms with Gasteiger partial charge in [0.05, 0.1) is 0 Å². The second-order valence-electron chi connectivity index (χ2n) is 4.23. The van der Waals surface area contributed by atoms with Gasteiger partial charge < -0.3 is 9.47 Å². The van der Waals surface area contributed by atoms with Crippen LogP contribution in [-0.4, -0.2) is 21.0 Å². The third kappa shape index (κ3) is 3.03. The zero-order chi connectivity index (χ0) is 15.7. The van der Waals surface area contributed by atoms with Crippen molar-refractivity contribution in [2.45, 2.75) is 6.36 Å². The lowest BCUT2D eigenvalue weighted by Gasteiger charge is -2.10. The number of nitrogens with one attached hydrogen (secondary N) is 1. The summed E-state index contributed by atoms with van der Waals surface area (Å²) in [6.07, 6.45) is -3.38.